The molecule has 4 heterocycles. The number of fused-ring (bicyclic) bond motifs is 1. The summed E-state index contributed by atoms with van der Waals surface area (Å²) in [6.45, 7) is 0. The van der Waals surface area contributed by atoms with Crippen molar-refractivity contribution < 1.29 is 13.6 Å². The predicted molar refractivity (Wildman–Crippen MR) is 110 cm³/mol. The third-order valence-corrected chi connectivity index (χ3v) is 4.82. The molecule has 1 aromatic carbocycles. The average Bonchev–Trinajstić information content (AvgIpc) is 3.45. The number of aromatic nitrogens is 5. The topological polar surface area (TPSA) is 88.0 Å². The summed E-state index contributed by atoms with van der Waals surface area (Å²) in [5.74, 6) is -1.78. The molecule has 1 amide bonds. The lowest BCUT2D eigenvalue weighted by Gasteiger charge is -2.08. The van der Waals surface area contributed by atoms with Crippen molar-refractivity contribution in [2.45, 2.75) is 0 Å². The number of H-pyrrole nitrogens is 1. The number of imidazole rings is 1. The Morgan fingerprint density at radius 1 is 0.935 bits per heavy atom. The van der Waals surface area contributed by atoms with Crippen LogP contribution in [0.4, 0.5) is 14.6 Å². The number of hydrogen-bond donors (Lipinski definition) is 2. The molecule has 0 saturated carbocycles. The zero-order chi connectivity index (χ0) is 21.4. The molecule has 4 aromatic heterocycles. The van der Waals surface area contributed by atoms with Gasteiger partial charge in [0, 0.05) is 29.1 Å². The number of carbonyl (C=O) groups excluding carboxylic acids is 1. The molecular weight excluding hydrogens is 402 g/mol. The van der Waals surface area contributed by atoms with Crippen LogP contribution in [-0.2, 0) is 0 Å². The van der Waals surface area contributed by atoms with Crippen LogP contribution < -0.4 is 5.32 Å². The van der Waals surface area contributed by atoms with E-state index in [-0.39, 0.29) is 11.4 Å². The number of nitrogens with one attached hydrogen (secondary N) is 2. The Morgan fingerprint density at radius 3 is 2.55 bits per heavy atom. The molecule has 0 aliphatic rings. The lowest BCUT2D eigenvalue weighted by atomic mass is 10.1. The van der Waals surface area contributed by atoms with E-state index in [0.29, 0.717) is 16.9 Å². The lowest BCUT2D eigenvalue weighted by Crippen LogP contribution is -2.14. The van der Waals surface area contributed by atoms with Crippen LogP contribution >= 0.6 is 0 Å². The smallest absolute Gasteiger partial charge is 0.259 e. The van der Waals surface area contributed by atoms with E-state index in [2.05, 4.69) is 25.5 Å². The third kappa shape index (κ3) is 3.52. The molecule has 2 N–H and O–H groups in total. The zero-order valence-corrected chi connectivity index (χ0v) is 15.9. The fraction of sp³-hybridized carbons (Fsp3) is 0. The van der Waals surface area contributed by atoms with Crippen molar-refractivity contribution in [1.29, 1.82) is 0 Å². The standard InChI is InChI=1S/C22H14F2N6O/c23-16-3-5-20(25-10-16)29-22(31)17-4-1-13(7-18(17)24)19-11-26-21-6-2-14(12-30(19)21)15-8-27-28-9-15/h1-12H,(H,27,28)(H,25,29,31). The van der Waals surface area contributed by atoms with Crippen molar-refractivity contribution in [2.75, 3.05) is 5.32 Å². The quantitative estimate of drug-likeness (QED) is 0.457. The summed E-state index contributed by atoms with van der Waals surface area (Å²) in [5, 5.41) is 9.18. The minimum absolute atomic E-state index is 0.128. The zero-order valence-electron chi connectivity index (χ0n) is 15.9. The lowest BCUT2D eigenvalue weighted by molar-refractivity contribution is 0.102. The highest BCUT2D eigenvalue weighted by Crippen LogP contribution is 2.26. The first-order chi connectivity index (χ1) is 15.1. The molecule has 0 bridgehead atoms. The highest BCUT2D eigenvalue weighted by Gasteiger charge is 2.15. The maximum atomic E-state index is 14.8. The molecule has 0 aliphatic heterocycles. The first kappa shape index (κ1) is 18.6. The summed E-state index contributed by atoms with van der Waals surface area (Å²) in [5.41, 5.74) is 3.62. The van der Waals surface area contributed by atoms with E-state index in [1.54, 1.807) is 24.7 Å². The van der Waals surface area contributed by atoms with Crippen LogP contribution in [0.25, 0.3) is 28.0 Å². The molecule has 152 valence electrons. The number of aromatic amines is 1. The second-order valence-electron chi connectivity index (χ2n) is 6.79. The molecule has 0 aliphatic carbocycles. The van der Waals surface area contributed by atoms with Gasteiger partial charge in [-0.1, -0.05) is 6.07 Å². The van der Waals surface area contributed by atoms with Crippen LogP contribution in [0.3, 0.4) is 0 Å². The molecular formula is C22H14F2N6O. The number of halogens is 2. The fourth-order valence-corrected chi connectivity index (χ4v) is 3.27. The van der Waals surface area contributed by atoms with Crippen molar-refractivity contribution in [3.63, 3.8) is 0 Å². The molecule has 0 radical (unpaired) electrons. The minimum Gasteiger partial charge on any atom is -0.306 e. The maximum Gasteiger partial charge on any atom is 0.259 e. The monoisotopic (exact) mass is 416 g/mol. The van der Waals surface area contributed by atoms with E-state index in [1.165, 1.54) is 18.2 Å². The summed E-state index contributed by atoms with van der Waals surface area (Å²) in [7, 11) is 0. The number of carbonyl (C=O) groups is 1. The average molecular weight is 416 g/mol. The summed E-state index contributed by atoms with van der Waals surface area (Å²) >= 11 is 0. The molecule has 5 rings (SSSR count). The van der Waals surface area contributed by atoms with Crippen molar-refractivity contribution in [3.8, 4) is 22.4 Å². The Hall–Kier alpha value is -4.40. The SMILES string of the molecule is O=C(Nc1ccc(F)cn1)c1ccc(-c2cnc3ccc(-c4cn[nH]c4)cn23)cc1F. The molecule has 5 aromatic rings. The first-order valence-corrected chi connectivity index (χ1v) is 9.27. The number of rotatable bonds is 4. The maximum absolute atomic E-state index is 14.8. The van der Waals surface area contributed by atoms with Crippen LogP contribution in [0.5, 0.6) is 0 Å². The molecule has 31 heavy (non-hydrogen) atoms. The third-order valence-electron chi connectivity index (χ3n) is 4.82. The Labute approximate surface area is 174 Å². The number of nitrogens with zero attached hydrogens (tertiary/aromatic N) is 4. The van der Waals surface area contributed by atoms with E-state index < -0.39 is 17.5 Å². The molecule has 0 unspecified atom stereocenters. The highest BCUT2D eigenvalue weighted by atomic mass is 19.1. The van der Waals surface area contributed by atoms with Crippen molar-refractivity contribution >= 4 is 17.4 Å². The Bertz CT molecular complexity index is 1390. The van der Waals surface area contributed by atoms with Gasteiger partial charge in [-0.2, -0.15) is 5.10 Å². The number of pyridine rings is 2. The van der Waals surface area contributed by atoms with Gasteiger partial charge in [-0.05, 0) is 36.4 Å². The van der Waals surface area contributed by atoms with Crippen molar-refractivity contribution in [1.82, 2.24) is 24.6 Å². The van der Waals surface area contributed by atoms with Gasteiger partial charge >= 0.3 is 0 Å². The van der Waals surface area contributed by atoms with Crippen LogP contribution in [0.2, 0.25) is 0 Å². The number of amides is 1. The first-order valence-electron chi connectivity index (χ1n) is 9.27. The molecule has 0 fully saturated rings. The van der Waals surface area contributed by atoms with E-state index in [4.69, 9.17) is 0 Å². The van der Waals surface area contributed by atoms with Crippen LogP contribution in [0, 0.1) is 11.6 Å². The van der Waals surface area contributed by atoms with Crippen molar-refractivity contribution in [3.05, 3.63) is 90.6 Å². The summed E-state index contributed by atoms with van der Waals surface area (Å²) < 4.78 is 29.6. The van der Waals surface area contributed by atoms with Gasteiger partial charge in [-0.15, -0.1) is 0 Å². The molecule has 0 spiro atoms. The van der Waals surface area contributed by atoms with Crippen LogP contribution in [0.1, 0.15) is 10.4 Å². The number of anilines is 1. The second-order valence-corrected chi connectivity index (χ2v) is 6.79. The molecule has 0 saturated heterocycles. The predicted octanol–water partition coefficient (Wildman–Crippen LogP) is 4.32. The Kier molecular flexibility index (Phi) is 4.47. The highest BCUT2D eigenvalue weighted by molar-refractivity contribution is 6.04. The number of hydrogen-bond acceptors (Lipinski definition) is 4. The van der Waals surface area contributed by atoms with E-state index in [0.717, 1.165) is 23.4 Å². The van der Waals surface area contributed by atoms with Gasteiger partial charge < -0.3 is 5.32 Å². The minimum atomic E-state index is -0.696. The van der Waals surface area contributed by atoms with E-state index in [9.17, 15) is 13.6 Å². The van der Waals surface area contributed by atoms with Gasteiger partial charge in [0.2, 0.25) is 0 Å². The van der Waals surface area contributed by atoms with E-state index in [1.807, 2.05) is 22.7 Å². The van der Waals surface area contributed by atoms with Gasteiger partial charge in [0.1, 0.15) is 23.1 Å². The van der Waals surface area contributed by atoms with Crippen LogP contribution in [0.15, 0.2) is 73.4 Å². The van der Waals surface area contributed by atoms with Crippen LogP contribution in [-0.4, -0.2) is 30.5 Å². The van der Waals surface area contributed by atoms with Gasteiger partial charge in [0.15, 0.2) is 0 Å². The Morgan fingerprint density at radius 2 is 1.81 bits per heavy atom. The Balaban J connectivity index is 1.47. The summed E-state index contributed by atoms with van der Waals surface area (Å²) in [6.07, 6.45) is 7.99. The molecule has 7 nitrogen and oxygen atoms in total. The fourth-order valence-electron chi connectivity index (χ4n) is 3.27. The molecule has 9 heteroatoms. The largest absolute Gasteiger partial charge is 0.306 e. The van der Waals surface area contributed by atoms with E-state index >= 15 is 0 Å². The molecule has 0 atom stereocenters. The van der Waals surface area contributed by atoms with Crippen molar-refractivity contribution in [2.24, 2.45) is 0 Å². The summed E-state index contributed by atoms with van der Waals surface area (Å²) in [4.78, 5) is 20.5. The van der Waals surface area contributed by atoms with Gasteiger partial charge in [0.05, 0.1) is 29.8 Å². The second kappa shape index (κ2) is 7.45. The van der Waals surface area contributed by atoms with Gasteiger partial charge in [-0.3, -0.25) is 14.3 Å². The van der Waals surface area contributed by atoms with Gasteiger partial charge in [-0.25, -0.2) is 18.7 Å². The van der Waals surface area contributed by atoms with Gasteiger partial charge in [0.25, 0.3) is 5.91 Å². The summed E-state index contributed by atoms with van der Waals surface area (Å²) in [6, 6.07) is 10.6. The number of benzene rings is 1. The normalized spacial score (nSPS) is 11.0.